The third-order valence-electron chi connectivity index (χ3n) is 2.39. The van der Waals surface area contributed by atoms with Gasteiger partial charge in [-0.05, 0) is 39.8 Å². The van der Waals surface area contributed by atoms with Crippen molar-refractivity contribution in [3.05, 3.63) is 18.0 Å². The topological polar surface area (TPSA) is 39.1 Å². The summed E-state index contributed by atoms with van der Waals surface area (Å²) in [5.41, 5.74) is 1.24. The molecule has 0 atom stereocenters. The van der Waals surface area contributed by atoms with Gasteiger partial charge in [-0.2, -0.15) is 5.10 Å². The third-order valence-corrected chi connectivity index (χ3v) is 2.39. The maximum atomic E-state index is 5.28. The molecular formula is C12H23N3O. The molecule has 0 saturated heterocycles. The normalized spacial score (nSPS) is 11.2. The standard InChI is InChI=1S/C12H23N3O/c1-4-16-9-5-7-13-10-12-6-8-14-15(12)11(2)3/h6,8,11,13H,4-5,7,9-10H2,1-3H3. The van der Waals surface area contributed by atoms with E-state index in [0.29, 0.717) is 6.04 Å². The Hall–Kier alpha value is -0.870. The molecule has 4 nitrogen and oxygen atoms in total. The first-order valence-corrected chi connectivity index (χ1v) is 6.06. The van der Waals surface area contributed by atoms with E-state index >= 15 is 0 Å². The van der Waals surface area contributed by atoms with Gasteiger partial charge in [-0.1, -0.05) is 0 Å². The summed E-state index contributed by atoms with van der Waals surface area (Å²) in [7, 11) is 0. The number of nitrogens with zero attached hydrogens (tertiary/aromatic N) is 2. The quantitative estimate of drug-likeness (QED) is 0.688. The summed E-state index contributed by atoms with van der Waals surface area (Å²) < 4.78 is 7.33. The van der Waals surface area contributed by atoms with Gasteiger partial charge in [-0.3, -0.25) is 4.68 Å². The first-order valence-electron chi connectivity index (χ1n) is 6.06. The number of nitrogens with one attached hydrogen (secondary N) is 1. The minimum absolute atomic E-state index is 0.426. The Morgan fingerprint density at radius 1 is 1.50 bits per heavy atom. The zero-order valence-corrected chi connectivity index (χ0v) is 10.6. The number of aromatic nitrogens is 2. The largest absolute Gasteiger partial charge is 0.382 e. The van der Waals surface area contributed by atoms with Crippen LogP contribution in [0.2, 0.25) is 0 Å². The molecule has 1 rings (SSSR count). The van der Waals surface area contributed by atoms with Crippen LogP contribution in [0, 0.1) is 0 Å². The Labute approximate surface area is 98.0 Å². The van der Waals surface area contributed by atoms with Crippen LogP contribution in [-0.2, 0) is 11.3 Å². The van der Waals surface area contributed by atoms with E-state index in [9.17, 15) is 0 Å². The molecule has 0 bridgehead atoms. The third kappa shape index (κ3) is 4.33. The molecule has 0 amide bonds. The van der Waals surface area contributed by atoms with Gasteiger partial charge in [0.25, 0.3) is 0 Å². The van der Waals surface area contributed by atoms with Gasteiger partial charge in [-0.15, -0.1) is 0 Å². The van der Waals surface area contributed by atoms with Crippen molar-refractivity contribution >= 4 is 0 Å². The average molecular weight is 225 g/mol. The van der Waals surface area contributed by atoms with E-state index in [-0.39, 0.29) is 0 Å². The minimum Gasteiger partial charge on any atom is -0.382 e. The molecule has 0 aromatic carbocycles. The molecule has 92 valence electrons. The van der Waals surface area contributed by atoms with Gasteiger partial charge in [0, 0.05) is 32.0 Å². The summed E-state index contributed by atoms with van der Waals surface area (Å²) in [5.74, 6) is 0. The summed E-state index contributed by atoms with van der Waals surface area (Å²) in [6.45, 7) is 9.83. The predicted octanol–water partition coefficient (Wildman–Crippen LogP) is 1.98. The van der Waals surface area contributed by atoms with E-state index in [1.165, 1.54) is 5.69 Å². The summed E-state index contributed by atoms with van der Waals surface area (Å²) in [4.78, 5) is 0. The van der Waals surface area contributed by atoms with Gasteiger partial charge in [0.1, 0.15) is 0 Å². The van der Waals surface area contributed by atoms with Crippen molar-refractivity contribution in [1.82, 2.24) is 15.1 Å². The molecule has 4 heteroatoms. The van der Waals surface area contributed by atoms with Crippen LogP contribution < -0.4 is 5.32 Å². The molecule has 1 aromatic rings. The molecule has 0 aliphatic rings. The fourth-order valence-corrected chi connectivity index (χ4v) is 1.61. The average Bonchev–Trinajstić information content (AvgIpc) is 2.71. The van der Waals surface area contributed by atoms with Crippen LogP contribution in [0.15, 0.2) is 12.3 Å². The van der Waals surface area contributed by atoms with E-state index in [1.54, 1.807) is 0 Å². The number of hydrogen-bond acceptors (Lipinski definition) is 3. The highest BCUT2D eigenvalue weighted by molar-refractivity contribution is 5.00. The van der Waals surface area contributed by atoms with Gasteiger partial charge < -0.3 is 10.1 Å². The van der Waals surface area contributed by atoms with Gasteiger partial charge in [0.15, 0.2) is 0 Å². The van der Waals surface area contributed by atoms with Crippen LogP contribution in [0.1, 0.15) is 38.9 Å². The fraction of sp³-hybridized carbons (Fsp3) is 0.750. The van der Waals surface area contributed by atoms with Crippen molar-refractivity contribution in [2.45, 2.75) is 39.8 Å². The van der Waals surface area contributed by atoms with E-state index in [0.717, 1.165) is 32.7 Å². The summed E-state index contributed by atoms with van der Waals surface area (Å²) >= 11 is 0. The molecule has 0 spiro atoms. The fourth-order valence-electron chi connectivity index (χ4n) is 1.61. The SMILES string of the molecule is CCOCCCNCc1ccnn1C(C)C. The summed E-state index contributed by atoms with van der Waals surface area (Å²) in [5, 5.41) is 7.70. The van der Waals surface area contributed by atoms with Crippen molar-refractivity contribution in [1.29, 1.82) is 0 Å². The number of rotatable bonds is 8. The monoisotopic (exact) mass is 225 g/mol. The van der Waals surface area contributed by atoms with Crippen LogP contribution in [-0.4, -0.2) is 29.5 Å². The smallest absolute Gasteiger partial charge is 0.0525 e. The highest BCUT2D eigenvalue weighted by Crippen LogP contribution is 2.07. The Balaban J connectivity index is 2.19. The van der Waals surface area contributed by atoms with Crippen LogP contribution in [0.25, 0.3) is 0 Å². The van der Waals surface area contributed by atoms with Crippen LogP contribution in [0.3, 0.4) is 0 Å². The molecular weight excluding hydrogens is 202 g/mol. The summed E-state index contributed by atoms with van der Waals surface area (Å²) in [6, 6.07) is 2.49. The second-order valence-corrected chi connectivity index (χ2v) is 4.09. The second kappa shape index (κ2) is 7.41. The maximum Gasteiger partial charge on any atom is 0.0525 e. The van der Waals surface area contributed by atoms with Crippen LogP contribution in [0.4, 0.5) is 0 Å². The molecule has 0 unspecified atom stereocenters. The molecule has 0 aliphatic carbocycles. The summed E-state index contributed by atoms with van der Waals surface area (Å²) in [6.07, 6.45) is 2.92. The number of ether oxygens (including phenoxy) is 1. The first kappa shape index (κ1) is 13.2. The van der Waals surface area contributed by atoms with Gasteiger partial charge in [0.05, 0.1) is 5.69 Å². The van der Waals surface area contributed by atoms with Crippen molar-refractivity contribution < 1.29 is 4.74 Å². The molecule has 0 saturated carbocycles. The van der Waals surface area contributed by atoms with Gasteiger partial charge in [0.2, 0.25) is 0 Å². The lowest BCUT2D eigenvalue weighted by molar-refractivity contribution is 0.144. The van der Waals surface area contributed by atoms with Crippen molar-refractivity contribution in [3.63, 3.8) is 0 Å². The van der Waals surface area contributed by atoms with E-state index in [2.05, 4.69) is 35.0 Å². The Bertz CT molecular complexity index is 284. The van der Waals surface area contributed by atoms with Crippen molar-refractivity contribution in [2.24, 2.45) is 0 Å². The zero-order chi connectivity index (χ0) is 11.8. The Morgan fingerprint density at radius 2 is 2.31 bits per heavy atom. The molecule has 0 aliphatic heterocycles. The molecule has 1 heterocycles. The van der Waals surface area contributed by atoms with Crippen LogP contribution in [0.5, 0.6) is 0 Å². The highest BCUT2D eigenvalue weighted by Gasteiger charge is 2.04. The van der Waals surface area contributed by atoms with Crippen LogP contribution >= 0.6 is 0 Å². The molecule has 0 fully saturated rings. The second-order valence-electron chi connectivity index (χ2n) is 4.09. The van der Waals surface area contributed by atoms with Gasteiger partial charge in [-0.25, -0.2) is 0 Å². The van der Waals surface area contributed by atoms with Gasteiger partial charge >= 0.3 is 0 Å². The maximum absolute atomic E-state index is 5.28. The van der Waals surface area contributed by atoms with E-state index in [1.807, 2.05) is 13.1 Å². The lowest BCUT2D eigenvalue weighted by Crippen LogP contribution is -2.19. The lowest BCUT2D eigenvalue weighted by atomic mass is 10.3. The zero-order valence-electron chi connectivity index (χ0n) is 10.6. The molecule has 0 radical (unpaired) electrons. The van der Waals surface area contributed by atoms with Crippen molar-refractivity contribution in [3.8, 4) is 0 Å². The lowest BCUT2D eigenvalue weighted by Gasteiger charge is -2.11. The number of hydrogen-bond donors (Lipinski definition) is 1. The molecule has 16 heavy (non-hydrogen) atoms. The molecule has 1 N–H and O–H groups in total. The Morgan fingerprint density at radius 3 is 3.00 bits per heavy atom. The Kier molecular flexibility index (Phi) is 6.11. The molecule has 1 aromatic heterocycles. The van der Waals surface area contributed by atoms with Crippen molar-refractivity contribution in [2.75, 3.05) is 19.8 Å². The minimum atomic E-state index is 0.426. The van der Waals surface area contributed by atoms with E-state index < -0.39 is 0 Å². The predicted molar refractivity (Wildman–Crippen MR) is 65.4 cm³/mol. The first-order chi connectivity index (χ1) is 7.75. The van der Waals surface area contributed by atoms with E-state index in [4.69, 9.17) is 4.74 Å². The highest BCUT2D eigenvalue weighted by atomic mass is 16.5.